The quantitative estimate of drug-likeness (QED) is 0.689. The Morgan fingerprint density at radius 2 is 2.19 bits per heavy atom. The van der Waals surface area contributed by atoms with Crippen LogP contribution in [0.25, 0.3) is 10.9 Å². The van der Waals surface area contributed by atoms with Crippen molar-refractivity contribution in [3.63, 3.8) is 0 Å². The van der Waals surface area contributed by atoms with Crippen LogP contribution >= 0.6 is 11.8 Å². The van der Waals surface area contributed by atoms with Crippen LogP contribution in [-0.4, -0.2) is 35.4 Å². The number of likely N-dealkylation sites (tertiary alicyclic amines) is 1. The van der Waals surface area contributed by atoms with Crippen LogP contribution in [0.4, 0.5) is 5.69 Å². The predicted octanol–water partition coefficient (Wildman–Crippen LogP) is 3.82. The molecule has 1 fully saturated rings. The third kappa shape index (κ3) is 3.06. The number of nitrogen functional groups attached to an aromatic ring is 1. The number of piperidine rings is 1. The average Bonchev–Trinajstić information content (AvgIpc) is 2.88. The number of rotatable bonds is 4. The van der Waals surface area contributed by atoms with E-state index in [1.165, 1.54) is 48.0 Å². The lowest BCUT2D eigenvalue weighted by Crippen LogP contribution is -2.36. The fourth-order valence-electron chi connectivity index (χ4n) is 3.44. The molecule has 3 nitrogen and oxygen atoms in total. The smallest absolute Gasteiger partial charge is 0.0512 e. The maximum Gasteiger partial charge on any atom is 0.0512 e. The zero-order chi connectivity index (χ0) is 14.8. The molecule has 1 aromatic carbocycles. The van der Waals surface area contributed by atoms with Crippen LogP contribution in [-0.2, 0) is 6.54 Å². The second kappa shape index (κ2) is 6.32. The second-order valence-electron chi connectivity index (χ2n) is 6.08. The molecule has 2 heterocycles. The minimum absolute atomic E-state index is 0.734. The Morgan fingerprint density at radius 1 is 1.33 bits per heavy atom. The van der Waals surface area contributed by atoms with Crippen LogP contribution in [0, 0.1) is 0 Å². The molecular formula is C17H25N3S. The van der Waals surface area contributed by atoms with Gasteiger partial charge in [0.1, 0.15) is 0 Å². The highest BCUT2D eigenvalue weighted by molar-refractivity contribution is 7.98. The Morgan fingerprint density at radius 3 is 2.95 bits per heavy atom. The fraction of sp³-hybridized carbons (Fsp3) is 0.529. The van der Waals surface area contributed by atoms with Crippen LogP contribution in [0.3, 0.4) is 0 Å². The molecule has 0 amide bonds. The lowest BCUT2D eigenvalue weighted by molar-refractivity contribution is 0.171. The van der Waals surface area contributed by atoms with Crippen LogP contribution in [0.1, 0.15) is 25.7 Å². The molecule has 3 rings (SSSR count). The van der Waals surface area contributed by atoms with E-state index in [1.54, 1.807) is 11.8 Å². The highest BCUT2D eigenvalue weighted by Gasteiger charge is 2.18. The van der Waals surface area contributed by atoms with E-state index in [1.807, 2.05) is 0 Å². The molecule has 21 heavy (non-hydrogen) atoms. The largest absolute Gasteiger partial charge is 0.399 e. The maximum atomic E-state index is 6.05. The third-order valence-electron chi connectivity index (χ3n) is 4.72. The van der Waals surface area contributed by atoms with Gasteiger partial charge in [0.25, 0.3) is 0 Å². The van der Waals surface area contributed by atoms with Crippen LogP contribution in [0.15, 0.2) is 29.3 Å². The molecule has 1 aromatic heterocycles. The lowest BCUT2D eigenvalue weighted by Gasteiger charge is -2.32. The van der Waals surface area contributed by atoms with Gasteiger partial charge in [0.05, 0.1) is 5.52 Å². The maximum absolute atomic E-state index is 6.05. The molecule has 0 spiro atoms. The van der Waals surface area contributed by atoms with Crippen LogP contribution in [0.2, 0.25) is 0 Å². The molecule has 1 unspecified atom stereocenters. The Balaban J connectivity index is 1.79. The summed E-state index contributed by atoms with van der Waals surface area (Å²) in [5, 5.41) is 1.33. The average molecular weight is 303 g/mol. The molecule has 4 heteroatoms. The summed E-state index contributed by atoms with van der Waals surface area (Å²) < 4.78 is 2.37. The second-order valence-corrected chi connectivity index (χ2v) is 6.93. The first kappa shape index (κ1) is 14.8. The standard InChI is InChI=1S/C17H25N3S/c1-19-8-4-3-5-14(19)6-9-20-10-7-15-16(20)11-13(18)12-17(15)21-2/h7,10-12,14H,3-6,8-9,18H2,1-2H3. The van der Waals surface area contributed by atoms with Crippen molar-refractivity contribution < 1.29 is 0 Å². The topological polar surface area (TPSA) is 34.2 Å². The number of nitrogens with zero attached hydrogens (tertiary/aromatic N) is 2. The molecule has 0 aliphatic carbocycles. The summed E-state index contributed by atoms with van der Waals surface area (Å²) in [7, 11) is 2.27. The van der Waals surface area contributed by atoms with Crippen molar-refractivity contribution in [1.82, 2.24) is 9.47 Å². The van der Waals surface area contributed by atoms with Crippen molar-refractivity contribution in [2.75, 3.05) is 25.6 Å². The van der Waals surface area contributed by atoms with Gasteiger partial charge in [0.2, 0.25) is 0 Å². The molecule has 1 atom stereocenters. The number of fused-ring (bicyclic) bond motifs is 1. The van der Waals surface area contributed by atoms with E-state index >= 15 is 0 Å². The van der Waals surface area contributed by atoms with E-state index in [0.29, 0.717) is 0 Å². The van der Waals surface area contributed by atoms with Crippen molar-refractivity contribution in [3.05, 3.63) is 24.4 Å². The number of thioether (sulfide) groups is 1. The Kier molecular flexibility index (Phi) is 4.45. The Labute approximate surface area is 131 Å². The molecule has 1 aliphatic heterocycles. The summed E-state index contributed by atoms with van der Waals surface area (Å²) in [4.78, 5) is 3.80. The van der Waals surface area contributed by atoms with Crippen LogP contribution in [0.5, 0.6) is 0 Å². The summed E-state index contributed by atoms with van der Waals surface area (Å²) in [6.45, 7) is 2.33. The first-order valence-electron chi connectivity index (χ1n) is 7.81. The number of anilines is 1. The number of hydrogen-bond donors (Lipinski definition) is 1. The molecule has 1 saturated heterocycles. The van der Waals surface area contributed by atoms with Gasteiger partial charge >= 0.3 is 0 Å². The van der Waals surface area contributed by atoms with E-state index in [-0.39, 0.29) is 0 Å². The van der Waals surface area contributed by atoms with E-state index in [4.69, 9.17) is 5.73 Å². The van der Waals surface area contributed by atoms with E-state index in [2.05, 4.69) is 47.2 Å². The number of nitrogens with two attached hydrogens (primary N) is 1. The van der Waals surface area contributed by atoms with E-state index in [9.17, 15) is 0 Å². The predicted molar refractivity (Wildman–Crippen MR) is 93.0 cm³/mol. The van der Waals surface area contributed by atoms with Gasteiger partial charge in [0.15, 0.2) is 0 Å². The SMILES string of the molecule is CSc1cc(N)cc2c1ccn2CCC1CCCCN1C. The van der Waals surface area contributed by atoms with Gasteiger partial charge in [-0.25, -0.2) is 0 Å². The van der Waals surface area contributed by atoms with Crippen molar-refractivity contribution in [3.8, 4) is 0 Å². The zero-order valence-corrected chi connectivity index (χ0v) is 13.8. The van der Waals surface area contributed by atoms with Crippen molar-refractivity contribution in [1.29, 1.82) is 0 Å². The number of aryl methyl sites for hydroxylation is 1. The number of hydrogen-bond acceptors (Lipinski definition) is 3. The first-order valence-corrected chi connectivity index (χ1v) is 9.04. The monoisotopic (exact) mass is 303 g/mol. The molecule has 1 aliphatic rings. The molecule has 2 N–H and O–H groups in total. The molecule has 2 aromatic rings. The molecule has 0 bridgehead atoms. The highest BCUT2D eigenvalue weighted by Crippen LogP contribution is 2.30. The summed E-state index contributed by atoms with van der Waals surface area (Å²) in [5.41, 5.74) is 8.19. The number of benzene rings is 1. The van der Waals surface area contributed by atoms with Gasteiger partial charge in [-0.2, -0.15) is 0 Å². The van der Waals surface area contributed by atoms with Gasteiger partial charge in [-0.05, 0) is 57.3 Å². The van der Waals surface area contributed by atoms with Gasteiger partial charge in [0, 0.05) is 34.8 Å². The van der Waals surface area contributed by atoms with Gasteiger partial charge in [-0.3, -0.25) is 0 Å². The zero-order valence-electron chi connectivity index (χ0n) is 13.0. The lowest BCUT2D eigenvalue weighted by atomic mass is 10.0. The van der Waals surface area contributed by atoms with Crippen molar-refractivity contribution in [2.45, 2.75) is 43.2 Å². The summed E-state index contributed by atoms with van der Waals surface area (Å²) >= 11 is 1.77. The van der Waals surface area contributed by atoms with E-state index in [0.717, 1.165) is 18.3 Å². The molecule has 114 valence electrons. The fourth-order valence-corrected chi connectivity index (χ4v) is 4.09. The normalized spacial score (nSPS) is 20.2. The van der Waals surface area contributed by atoms with Crippen molar-refractivity contribution >= 4 is 28.4 Å². The summed E-state index contributed by atoms with van der Waals surface area (Å²) in [5.74, 6) is 0. The first-order chi connectivity index (χ1) is 10.2. The van der Waals surface area contributed by atoms with Gasteiger partial charge in [-0.1, -0.05) is 6.42 Å². The molecule has 0 radical (unpaired) electrons. The Bertz CT molecular complexity index is 620. The summed E-state index contributed by atoms with van der Waals surface area (Å²) in [6, 6.07) is 7.15. The highest BCUT2D eigenvalue weighted by atomic mass is 32.2. The Hall–Kier alpha value is -1.13. The third-order valence-corrected chi connectivity index (χ3v) is 5.50. The van der Waals surface area contributed by atoms with Gasteiger partial charge < -0.3 is 15.2 Å². The summed E-state index contributed by atoms with van der Waals surface area (Å²) in [6.07, 6.45) is 9.63. The molecular weight excluding hydrogens is 278 g/mol. The van der Waals surface area contributed by atoms with E-state index < -0.39 is 0 Å². The minimum atomic E-state index is 0.734. The number of aromatic nitrogens is 1. The van der Waals surface area contributed by atoms with Crippen molar-refractivity contribution in [2.24, 2.45) is 0 Å². The molecule has 0 saturated carbocycles. The van der Waals surface area contributed by atoms with Crippen LogP contribution < -0.4 is 5.73 Å². The minimum Gasteiger partial charge on any atom is -0.399 e. The van der Waals surface area contributed by atoms with Gasteiger partial charge in [-0.15, -0.1) is 11.8 Å².